The van der Waals surface area contributed by atoms with Gasteiger partial charge in [0.25, 0.3) is 0 Å². The predicted octanol–water partition coefficient (Wildman–Crippen LogP) is 3.03. The van der Waals surface area contributed by atoms with Gasteiger partial charge in [-0.1, -0.05) is 51.1 Å². The fourth-order valence-electron chi connectivity index (χ4n) is 3.40. The molecule has 1 saturated heterocycles. The molecule has 0 spiro atoms. The van der Waals surface area contributed by atoms with Crippen molar-refractivity contribution in [1.29, 1.82) is 0 Å². The lowest BCUT2D eigenvalue weighted by atomic mass is 9.68. The van der Waals surface area contributed by atoms with Gasteiger partial charge in [-0.15, -0.1) is 0 Å². The Bertz CT molecular complexity index is 615. The maximum Gasteiger partial charge on any atom is 0.331 e. The van der Waals surface area contributed by atoms with Gasteiger partial charge in [0.05, 0.1) is 0 Å². The molecule has 5 nitrogen and oxygen atoms in total. The Morgan fingerprint density at radius 1 is 1.04 bits per heavy atom. The molecule has 0 aromatic heterocycles. The van der Waals surface area contributed by atoms with Crippen molar-refractivity contribution in [3.8, 4) is 0 Å². The van der Waals surface area contributed by atoms with Crippen molar-refractivity contribution in [3.63, 3.8) is 0 Å². The molecular weight excluding hydrogens is 306 g/mol. The van der Waals surface area contributed by atoms with Crippen LogP contribution in [0.15, 0.2) is 30.3 Å². The monoisotopic (exact) mass is 331 g/mol. The molecule has 1 fully saturated rings. The molecule has 1 N–H and O–H groups in total. The van der Waals surface area contributed by atoms with Gasteiger partial charge in [0.15, 0.2) is 5.54 Å². The van der Waals surface area contributed by atoms with Crippen molar-refractivity contribution >= 4 is 17.8 Å². The highest BCUT2D eigenvalue weighted by Gasteiger charge is 2.57. The summed E-state index contributed by atoms with van der Waals surface area (Å²) in [5.74, 6) is -1.90. The average molecular weight is 331 g/mol. The molecule has 1 aliphatic rings. The molecule has 130 valence electrons. The van der Waals surface area contributed by atoms with Gasteiger partial charge in [0.1, 0.15) is 0 Å². The molecule has 0 aliphatic carbocycles. The lowest BCUT2D eigenvalue weighted by Crippen LogP contribution is -2.66. The summed E-state index contributed by atoms with van der Waals surface area (Å²) < 4.78 is 0. The third kappa shape index (κ3) is 3.21. The summed E-state index contributed by atoms with van der Waals surface area (Å²) in [7, 11) is 0. The molecule has 0 saturated carbocycles. The number of rotatable bonds is 4. The second kappa shape index (κ2) is 6.75. The van der Waals surface area contributed by atoms with E-state index in [9.17, 15) is 19.5 Å². The number of nitrogens with zero attached hydrogens (tertiary/aromatic N) is 1. The van der Waals surface area contributed by atoms with Gasteiger partial charge in [-0.2, -0.15) is 0 Å². The van der Waals surface area contributed by atoms with Crippen LogP contribution in [-0.4, -0.2) is 33.3 Å². The number of hydrogen-bond donors (Lipinski definition) is 1. The number of carboxylic acids is 1. The molecule has 0 bridgehead atoms. The maximum atomic E-state index is 12.7. The number of likely N-dealkylation sites (tertiary alicyclic amines) is 1. The SMILES string of the molecule is CC(C)(C)[C@](Cc1ccccc1)(C(=O)O)N1C(=O)CCCCC1=O. The third-order valence-corrected chi connectivity index (χ3v) is 4.81. The average Bonchev–Trinajstić information content (AvgIpc) is 2.66. The highest BCUT2D eigenvalue weighted by molar-refractivity contribution is 6.02. The Balaban J connectivity index is 2.62. The van der Waals surface area contributed by atoms with Crippen molar-refractivity contribution in [1.82, 2.24) is 4.90 Å². The van der Waals surface area contributed by atoms with Crippen LogP contribution in [0.25, 0.3) is 0 Å². The first-order chi connectivity index (χ1) is 11.2. The number of imide groups is 1. The molecular formula is C19H25NO4. The van der Waals surface area contributed by atoms with Crippen LogP contribution >= 0.6 is 0 Å². The van der Waals surface area contributed by atoms with E-state index >= 15 is 0 Å². The zero-order valence-corrected chi connectivity index (χ0v) is 14.5. The number of carbonyl (C=O) groups excluding carboxylic acids is 2. The zero-order valence-electron chi connectivity index (χ0n) is 14.5. The first-order valence-corrected chi connectivity index (χ1v) is 8.33. The molecule has 1 aromatic carbocycles. The molecule has 24 heavy (non-hydrogen) atoms. The van der Waals surface area contributed by atoms with Crippen molar-refractivity contribution in [3.05, 3.63) is 35.9 Å². The van der Waals surface area contributed by atoms with Crippen LogP contribution in [0, 0.1) is 5.41 Å². The molecule has 5 heteroatoms. The van der Waals surface area contributed by atoms with Crippen molar-refractivity contribution in [2.45, 2.75) is 58.4 Å². The van der Waals surface area contributed by atoms with Gasteiger partial charge in [-0.25, -0.2) is 4.79 Å². The lowest BCUT2D eigenvalue weighted by molar-refractivity contribution is -0.174. The highest BCUT2D eigenvalue weighted by Crippen LogP contribution is 2.41. The summed E-state index contributed by atoms with van der Waals surface area (Å²) in [4.78, 5) is 38.8. The van der Waals surface area contributed by atoms with Gasteiger partial charge in [-0.3, -0.25) is 14.5 Å². The Labute approximate surface area is 142 Å². The van der Waals surface area contributed by atoms with Gasteiger partial charge in [0, 0.05) is 19.3 Å². The molecule has 1 atom stereocenters. The van der Waals surface area contributed by atoms with Crippen LogP contribution in [0.4, 0.5) is 0 Å². The van der Waals surface area contributed by atoms with Crippen LogP contribution < -0.4 is 0 Å². The van der Waals surface area contributed by atoms with Gasteiger partial charge < -0.3 is 5.11 Å². The number of carbonyl (C=O) groups is 3. The fourth-order valence-corrected chi connectivity index (χ4v) is 3.40. The van der Waals surface area contributed by atoms with Crippen LogP contribution in [0.3, 0.4) is 0 Å². The van der Waals surface area contributed by atoms with E-state index in [4.69, 9.17) is 0 Å². The second-order valence-electron chi connectivity index (χ2n) is 7.41. The maximum absolute atomic E-state index is 12.7. The Hall–Kier alpha value is -2.17. The van der Waals surface area contributed by atoms with Gasteiger partial charge >= 0.3 is 5.97 Å². The normalized spacial score (nSPS) is 18.9. The van der Waals surface area contributed by atoms with E-state index in [-0.39, 0.29) is 31.1 Å². The first kappa shape index (κ1) is 18.2. The minimum Gasteiger partial charge on any atom is -0.479 e. The van der Waals surface area contributed by atoms with E-state index in [2.05, 4.69) is 0 Å². The number of amides is 2. The molecule has 1 aliphatic heterocycles. The second-order valence-corrected chi connectivity index (χ2v) is 7.41. The summed E-state index contributed by atoms with van der Waals surface area (Å²) in [6.45, 7) is 5.32. The van der Waals surface area contributed by atoms with E-state index in [1.165, 1.54) is 0 Å². The summed E-state index contributed by atoms with van der Waals surface area (Å²) in [6.07, 6.45) is 1.76. The molecule has 0 unspecified atom stereocenters. The van der Waals surface area contributed by atoms with Crippen LogP contribution in [-0.2, 0) is 20.8 Å². The van der Waals surface area contributed by atoms with Crippen LogP contribution in [0.5, 0.6) is 0 Å². The molecule has 1 heterocycles. The number of benzene rings is 1. The molecule has 1 aromatic rings. The first-order valence-electron chi connectivity index (χ1n) is 8.33. The Morgan fingerprint density at radius 3 is 1.96 bits per heavy atom. The minimum atomic E-state index is -1.60. The van der Waals surface area contributed by atoms with E-state index in [1.807, 2.05) is 30.3 Å². The van der Waals surface area contributed by atoms with E-state index in [1.54, 1.807) is 20.8 Å². The van der Waals surface area contributed by atoms with Crippen molar-refractivity contribution in [2.24, 2.45) is 5.41 Å². The summed E-state index contributed by atoms with van der Waals surface area (Å²) in [5.41, 5.74) is -1.63. The lowest BCUT2D eigenvalue weighted by Gasteiger charge is -2.47. The summed E-state index contributed by atoms with van der Waals surface area (Å²) >= 11 is 0. The summed E-state index contributed by atoms with van der Waals surface area (Å²) in [5, 5.41) is 10.2. The third-order valence-electron chi connectivity index (χ3n) is 4.81. The van der Waals surface area contributed by atoms with E-state index in [0.717, 1.165) is 10.5 Å². The van der Waals surface area contributed by atoms with Crippen molar-refractivity contribution in [2.75, 3.05) is 0 Å². The zero-order chi connectivity index (χ0) is 18.0. The largest absolute Gasteiger partial charge is 0.479 e. The summed E-state index contributed by atoms with van der Waals surface area (Å²) in [6, 6.07) is 9.17. The standard InChI is InChI=1S/C19H25NO4/c1-18(2,3)19(17(23)24,13-14-9-5-4-6-10-14)20-15(21)11-7-8-12-16(20)22/h4-6,9-10H,7-8,11-13H2,1-3H3,(H,23,24)/t19-/m0/s1. The van der Waals surface area contributed by atoms with Gasteiger partial charge in [0.2, 0.25) is 11.8 Å². The topological polar surface area (TPSA) is 74.7 Å². The minimum absolute atomic E-state index is 0.101. The van der Waals surface area contributed by atoms with E-state index in [0.29, 0.717) is 12.8 Å². The predicted molar refractivity (Wildman–Crippen MR) is 90.3 cm³/mol. The number of aliphatic carboxylic acids is 1. The quantitative estimate of drug-likeness (QED) is 0.861. The van der Waals surface area contributed by atoms with Crippen LogP contribution in [0.2, 0.25) is 0 Å². The van der Waals surface area contributed by atoms with E-state index < -0.39 is 16.9 Å². The molecule has 0 radical (unpaired) electrons. The number of hydrogen-bond acceptors (Lipinski definition) is 3. The Morgan fingerprint density at radius 2 is 1.54 bits per heavy atom. The Kier molecular flexibility index (Phi) is 5.11. The number of carboxylic acid groups (broad SMARTS) is 1. The van der Waals surface area contributed by atoms with Crippen LogP contribution in [0.1, 0.15) is 52.0 Å². The van der Waals surface area contributed by atoms with Crippen molar-refractivity contribution < 1.29 is 19.5 Å². The molecule has 2 amide bonds. The highest BCUT2D eigenvalue weighted by atomic mass is 16.4. The van der Waals surface area contributed by atoms with Gasteiger partial charge in [-0.05, 0) is 23.8 Å². The smallest absolute Gasteiger partial charge is 0.331 e. The molecule has 2 rings (SSSR count). The fraction of sp³-hybridized carbons (Fsp3) is 0.526.